The van der Waals surface area contributed by atoms with Crippen molar-refractivity contribution in [2.75, 3.05) is 24.4 Å². The van der Waals surface area contributed by atoms with Crippen LogP contribution in [0, 0.1) is 5.41 Å². The maximum absolute atomic E-state index is 13.9. The molecule has 3 aromatic rings. The summed E-state index contributed by atoms with van der Waals surface area (Å²) in [7, 11) is 3.28. The molecule has 0 aromatic heterocycles. The lowest BCUT2D eigenvalue weighted by atomic mass is 9.78. The number of rotatable bonds is 8. The predicted octanol–water partition coefficient (Wildman–Crippen LogP) is 7.71. The van der Waals surface area contributed by atoms with Gasteiger partial charge in [0.05, 0.1) is 26.3 Å². The van der Waals surface area contributed by atoms with E-state index in [9.17, 15) is 4.79 Å². The second-order valence-corrected chi connectivity index (χ2v) is 11.1. The van der Waals surface area contributed by atoms with E-state index in [-0.39, 0.29) is 11.5 Å². The van der Waals surface area contributed by atoms with Crippen LogP contribution in [0.5, 0.6) is 11.5 Å². The third-order valence-corrected chi connectivity index (χ3v) is 6.02. The van der Waals surface area contributed by atoms with Crippen LogP contribution in [0.1, 0.15) is 53.1 Å². The predicted molar refractivity (Wildman–Crippen MR) is 151 cm³/mol. The van der Waals surface area contributed by atoms with Gasteiger partial charge in [0, 0.05) is 11.4 Å². The molecule has 0 heterocycles. The van der Waals surface area contributed by atoms with E-state index < -0.39 is 17.7 Å². The number of nitrogens with zero attached hydrogens (tertiary/aromatic N) is 1. The van der Waals surface area contributed by atoms with Crippen LogP contribution in [-0.2, 0) is 4.74 Å². The van der Waals surface area contributed by atoms with Crippen LogP contribution in [0.3, 0.4) is 0 Å². The monoisotopic (exact) mass is 504 g/mol. The largest absolute Gasteiger partial charge is 0.497 e. The van der Waals surface area contributed by atoms with Gasteiger partial charge < -0.3 is 19.5 Å². The number of hydrogen-bond donors (Lipinski definition) is 1. The first-order valence-electron chi connectivity index (χ1n) is 12.5. The van der Waals surface area contributed by atoms with Gasteiger partial charge in [-0.15, -0.1) is 0 Å². The molecule has 0 fully saturated rings. The molecule has 3 aromatic carbocycles. The van der Waals surface area contributed by atoms with Gasteiger partial charge in [-0.25, -0.2) is 4.79 Å². The fourth-order valence-electron chi connectivity index (χ4n) is 4.21. The maximum atomic E-state index is 13.9. The molecule has 0 bridgehead atoms. The Bertz CT molecular complexity index is 1130. The van der Waals surface area contributed by atoms with Crippen molar-refractivity contribution < 1.29 is 19.0 Å². The number of anilines is 2. The zero-order valence-corrected chi connectivity index (χ0v) is 23.2. The van der Waals surface area contributed by atoms with Crippen LogP contribution in [0.4, 0.5) is 16.2 Å². The zero-order chi connectivity index (χ0) is 27.2. The third-order valence-electron chi connectivity index (χ3n) is 6.02. The number of benzene rings is 3. The molecule has 198 valence electrons. The van der Waals surface area contributed by atoms with Crippen molar-refractivity contribution in [1.82, 2.24) is 0 Å². The Balaban J connectivity index is 2.20. The van der Waals surface area contributed by atoms with Crippen molar-refractivity contribution in [2.24, 2.45) is 5.41 Å². The Kier molecular flexibility index (Phi) is 8.74. The molecule has 2 atom stereocenters. The average molecular weight is 505 g/mol. The summed E-state index contributed by atoms with van der Waals surface area (Å²) in [4.78, 5) is 15.7. The zero-order valence-electron chi connectivity index (χ0n) is 23.2. The Labute approximate surface area is 221 Å². The van der Waals surface area contributed by atoms with Gasteiger partial charge in [-0.2, -0.15) is 0 Å². The molecule has 3 rings (SSSR count). The molecule has 0 aliphatic rings. The first-order chi connectivity index (χ1) is 17.4. The van der Waals surface area contributed by atoms with Crippen molar-refractivity contribution in [3.05, 3.63) is 84.4 Å². The van der Waals surface area contributed by atoms with Gasteiger partial charge in [-0.3, -0.25) is 4.90 Å². The smallest absolute Gasteiger partial charge is 0.415 e. The first kappa shape index (κ1) is 27.9. The van der Waals surface area contributed by atoms with Gasteiger partial charge in [-0.05, 0) is 80.3 Å². The number of ether oxygens (including phenoxy) is 3. The topological polar surface area (TPSA) is 60.0 Å². The summed E-state index contributed by atoms with van der Waals surface area (Å²) in [6.07, 6.45) is -0.419. The summed E-state index contributed by atoms with van der Waals surface area (Å²) in [6.45, 7) is 12.2. The number of nitrogens with one attached hydrogen (secondary N) is 1. The number of amides is 1. The highest BCUT2D eigenvalue weighted by Crippen LogP contribution is 2.40. The highest BCUT2D eigenvalue weighted by Gasteiger charge is 2.41. The molecule has 0 aliphatic heterocycles. The summed E-state index contributed by atoms with van der Waals surface area (Å²) in [5, 5.41) is 3.73. The quantitative estimate of drug-likeness (QED) is 0.340. The van der Waals surface area contributed by atoms with Crippen LogP contribution in [0.2, 0.25) is 0 Å². The summed E-state index contributed by atoms with van der Waals surface area (Å²) in [6, 6.07) is 24.8. The molecule has 0 aliphatic carbocycles. The van der Waals surface area contributed by atoms with Gasteiger partial charge in [-0.1, -0.05) is 51.1 Å². The summed E-state index contributed by atoms with van der Waals surface area (Å²) in [5.74, 6) is 1.50. The van der Waals surface area contributed by atoms with Crippen molar-refractivity contribution >= 4 is 17.5 Å². The highest BCUT2D eigenvalue weighted by atomic mass is 16.6. The van der Waals surface area contributed by atoms with Crippen LogP contribution >= 0.6 is 0 Å². The number of methoxy groups -OCH3 is 2. The van der Waals surface area contributed by atoms with E-state index in [1.165, 1.54) is 0 Å². The Morgan fingerprint density at radius 2 is 1.27 bits per heavy atom. The maximum Gasteiger partial charge on any atom is 0.415 e. The minimum absolute atomic E-state index is 0.196. The molecule has 0 saturated carbocycles. The lowest BCUT2D eigenvalue weighted by Gasteiger charge is -2.44. The minimum Gasteiger partial charge on any atom is -0.497 e. The average Bonchev–Trinajstić information content (AvgIpc) is 2.85. The molecule has 6 heteroatoms. The Morgan fingerprint density at radius 1 is 0.757 bits per heavy atom. The van der Waals surface area contributed by atoms with E-state index in [4.69, 9.17) is 14.2 Å². The Hall–Kier alpha value is -3.67. The van der Waals surface area contributed by atoms with Gasteiger partial charge >= 0.3 is 6.09 Å². The van der Waals surface area contributed by atoms with E-state index in [1.807, 2.05) is 87.5 Å². The SMILES string of the molecule is COc1ccc(N[C@H]([C@H](c2ccccc2)N(C(=O)OC(C)(C)C)c2ccc(OC)cc2)C(C)(C)C)cc1. The van der Waals surface area contributed by atoms with Crippen molar-refractivity contribution in [1.29, 1.82) is 0 Å². The molecular formula is C31H40N2O4. The number of carbonyl (C=O) groups excluding carboxylic acids is 1. The summed E-state index contributed by atoms with van der Waals surface area (Å²) < 4.78 is 16.7. The lowest BCUT2D eigenvalue weighted by Crippen LogP contribution is -2.50. The van der Waals surface area contributed by atoms with Crippen molar-refractivity contribution in [2.45, 2.75) is 59.2 Å². The fourth-order valence-corrected chi connectivity index (χ4v) is 4.21. The third kappa shape index (κ3) is 7.42. The molecule has 6 nitrogen and oxygen atoms in total. The number of carbonyl (C=O) groups is 1. The first-order valence-corrected chi connectivity index (χ1v) is 12.5. The van der Waals surface area contributed by atoms with Crippen LogP contribution in [-0.4, -0.2) is 32.0 Å². The van der Waals surface area contributed by atoms with Crippen LogP contribution < -0.4 is 19.7 Å². The molecule has 0 unspecified atom stereocenters. The lowest BCUT2D eigenvalue weighted by molar-refractivity contribution is 0.0553. The van der Waals surface area contributed by atoms with E-state index in [0.717, 1.165) is 22.7 Å². The molecule has 0 spiro atoms. The summed E-state index contributed by atoms with van der Waals surface area (Å²) >= 11 is 0. The van der Waals surface area contributed by atoms with Gasteiger partial charge in [0.15, 0.2) is 0 Å². The standard InChI is InChI=1S/C31H40N2O4/c1-30(2,3)28(32-23-14-18-25(35-7)19-15-23)27(22-12-10-9-11-13-22)33(29(34)37-31(4,5)6)24-16-20-26(36-8)21-17-24/h9-21,27-28,32H,1-8H3/t27-,28+/m0/s1. The fraction of sp³-hybridized carbons (Fsp3) is 0.387. The second-order valence-electron chi connectivity index (χ2n) is 11.1. The van der Waals surface area contributed by atoms with Gasteiger partial charge in [0.2, 0.25) is 0 Å². The molecule has 1 N–H and O–H groups in total. The normalized spacial score (nSPS) is 13.3. The summed E-state index contributed by atoms with van der Waals surface area (Å²) in [5.41, 5.74) is 1.72. The molecule has 0 radical (unpaired) electrons. The molecular weight excluding hydrogens is 464 g/mol. The van der Waals surface area contributed by atoms with E-state index >= 15 is 0 Å². The number of hydrogen-bond acceptors (Lipinski definition) is 5. The van der Waals surface area contributed by atoms with Crippen LogP contribution in [0.15, 0.2) is 78.9 Å². The second kappa shape index (κ2) is 11.6. The van der Waals surface area contributed by atoms with Crippen molar-refractivity contribution in [3.63, 3.8) is 0 Å². The molecule has 0 saturated heterocycles. The molecule has 1 amide bonds. The highest BCUT2D eigenvalue weighted by molar-refractivity contribution is 5.89. The van der Waals surface area contributed by atoms with E-state index in [2.05, 4.69) is 38.2 Å². The molecule has 37 heavy (non-hydrogen) atoms. The van der Waals surface area contributed by atoms with Crippen molar-refractivity contribution in [3.8, 4) is 11.5 Å². The Morgan fingerprint density at radius 3 is 1.73 bits per heavy atom. The van der Waals surface area contributed by atoms with E-state index in [1.54, 1.807) is 19.1 Å². The van der Waals surface area contributed by atoms with Crippen LogP contribution in [0.25, 0.3) is 0 Å². The van der Waals surface area contributed by atoms with Gasteiger partial charge in [0.25, 0.3) is 0 Å². The van der Waals surface area contributed by atoms with Gasteiger partial charge in [0.1, 0.15) is 17.1 Å². The minimum atomic E-state index is -0.663. The van der Waals surface area contributed by atoms with E-state index in [0.29, 0.717) is 5.75 Å².